The normalized spacial score (nSPS) is 10.7. The molecule has 0 aliphatic rings. The van der Waals surface area contributed by atoms with Crippen molar-refractivity contribution in [3.05, 3.63) is 52.3 Å². The van der Waals surface area contributed by atoms with E-state index in [4.69, 9.17) is 0 Å². The molecule has 4 heteroatoms. The maximum Gasteiger partial charge on any atom is 0.253 e. The van der Waals surface area contributed by atoms with Gasteiger partial charge in [-0.15, -0.1) is 0 Å². The summed E-state index contributed by atoms with van der Waals surface area (Å²) < 4.78 is 1.98. The average molecular weight is 285 g/mol. The van der Waals surface area contributed by atoms with E-state index >= 15 is 0 Å². The van der Waals surface area contributed by atoms with Crippen LogP contribution in [0.25, 0.3) is 0 Å². The van der Waals surface area contributed by atoms with Gasteiger partial charge in [0.2, 0.25) is 0 Å². The molecule has 21 heavy (non-hydrogen) atoms. The van der Waals surface area contributed by atoms with Gasteiger partial charge in [0, 0.05) is 37.0 Å². The Kier molecular flexibility index (Phi) is 4.46. The van der Waals surface area contributed by atoms with E-state index in [2.05, 4.69) is 18.9 Å². The highest BCUT2D eigenvalue weighted by Gasteiger charge is 2.17. The van der Waals surface area contributed by atoms with E-state index in [0.717, 1.165) is 34.6 Å². The number of carbonyl (C=O) groups is 1. The van der Waals surface area contributed by atoms with Gasteiger partial charge in [-0.2, -0.15) is 5.10 Å². The Bertz CT molecular complexity index is 641. The molecule has 4 nitrogen and oxygen atoms in total. The molecule has 0 saturated heterocycles. The van der Waals surface area contributed by atoms with Crippen molar-refractivity contribution in [1.82, 2.24) is 14.7 Å². The van der Waals surface area contributed by atoms with E-state index in [-0.39, 0.29) is 5.91 Å². The molecule has 112 valence electrons. The molecule has 1 aromatic heterocycles. The lowest BCUT2D eigenvalue weighted by molar-refractivity contribution is 0.0784. The summed E-state index contributed by atoms with van der Waals surface area (Å²) in [7, 11) is 1.84. The zero-order valence-electron chi connectivity index (χ0n) is 13.5. The topological polar surface area (TPSA) is 38.1 Å². The zero-order valence-corrected chi connectivity index (χ0v) is 13.5. The van der Waals surface area contributed by atoms with Crippen LogP contribution in [0.3, 0.4) is 0 Å². The molecule has 0 aliphatic carbocycles. The number of amides is 1. The second kappa shape index (κ2) is 6.12. The van der Waals surface area contributed by atoms with Gasteiger partial charge in [-0.05, 0) is 39.8 Å². The number of nitrogens with zero attached hydrogens (tertiary/aromatic N) is 3. The molecule has 1 aromatic carbocycles. The lowest BCUT2D eigenvalue weighted by Crippen LogP contribution is -2.26. The smallest absolute Gasteiger partial charge is 0.253 e. The maximum absolute atomic E-state index is 12.5. The summed E-state index contributed by atoms with van der Waals surface area (Å²) in [6.07, 6.45) is 0. The highest BCUT2D eigenvalue weighted by molar-refractivity contribution is 5.94. The van der Waals surface area contributed by atoms with E-state index in [0.29, 0.717) is 6.54 Å². The van der Waals surface area contributed by atoms with Gasteiger partial charge in [0.25, 0.3) is 5.91 Å². The van der Waals surface area contributed by atoms with Crippen LogP contribution < -0.4 is 0 Å². The molecule has 0 saturated carbocycles. The third-order valence-electron chi connectivity index (χ3n) is 3.87. The number of benzene rings is 1. The zero-order chi connectivity index (χ0) is 15.6. The predicted molar refractivity (Wildman–Crippen MR) is 84.4 cm³/mol. The molecule has 0 N–H and O–H groups in total. The molecule has 0 unspecified atom stereocenters. The van der Waals surface area contributed by atoms with Crippen molar-refractivity contribution in [3.63, 3.8) is 0 Å². The molecule has 2 rings (SSSR count). The monoisotopic (exact) mass is 285 g/mol. The first kappa shape index (κ1) is 15.3. The van der Waals surface area contributed by atoms with Gasteiger partial charge < -0.3 is 4.90 Å². The van der Waals surface area contributed by atoms with Crippen LogP contribution >= 0.6 is 0 Å². The number of aryl methyl sites for hydroxylation is 3. The lowest BCUT2D eigenvalue weighted by atomic mass is 10.1. The van der Waals surface area contributed by atoms with E-state index in [1.54, 1.807) is 4.90 Å². The van der Waals surface area contributed by atoms with Gasteiger partial charge in [-0.25, -0.2) is 0 Å². The van der Waals surface area contributed by atoms with Crippen molar-refractivity contribution >= 4 is 5.91 Å². The fraction of sp³-hybridized carbons (Fsp3) is 0.412. The summed E-state index contributed by atoms with van der Waals surface area (Å²) in [6, 6.07) is 7.69. The fourth-order valence-corrected chi connectivity index (χ4v) is 2.50. The second-order valence-electron chi connectivity index (χ2n) is 5.49. The number of rotatable bonds is 4. The van der Waals surface area contributed by atoms with Crippen LogP contribution in [0.5, 0.6) is 0 Å². The number of aromatic nitrogens is 2. The molecule has 0 fully saturated rings. The van der Waals surface area contributed by atoms with Gasteiger partial charge in [0.1, 0.15) is 0 Å². The first-order valence-corrected chi connectivity index (χ1v) is 7.29. The van der Waals surface area contributed by atoms with Crippen LogP contribution in [0, 0.1) is 20.8 Å². The van der Waals surface area contributed by atoms with Crippen molar-refractivity contribution in [3.8, 4) is 0 Å². The van der Waals surface area contributed by atoms with E-state index in [1.165, 1.54) is 0 Å². The molecule has 2 aromatic rings. The minimum absolute atomic E-state index is 0.0399. The lowest BCUT2D eigenvalue weighted by Gasteiger charge is -2.18. The summed E-state index contributed by atoms with van der Waals surface area (Å²) in [6.45, 7) is 9.59. The maximum atomic E-state index is 12.5. The molecule has 0 spiro atoms. The summed E-state index contributed by atoms with van der Waals surface area (Å²) in [5.74, 6) is 0.0399. The van der Waals surface area contributed by atoms with E-state index in [1.807, 2.05) is 49.8 Å². The van der Waals surface area contributed by atoms with Crippen LogP contribution in [0.15, 0.2) is 24.3 Å². The first-order valence-electron chi connectivity index (χ1n) is 7.29. The summed E-state index contributed by atoms with van der Waals surface area (Å²) in [5.41, 5.74) is 5.16. The van der Waals surface area contributed by atoms with E-state index < -0.39 is 0 Å². The third-order valence-corrected chi connectivity index (χ3v) is 3.87. The quantitative estimate of drug-likeness (QED) is 0.865. The molecule has 0 radical (unpaired) electrons. The van der Waals surface area contributed by atoms with Gasteiger partial charge in [-0.1, -0.05) is 17.7 Å². The van der Waals surface area contributed by atoms with Crippen LogP contribution in [0.1, 0.15) is 39.8 Å². The minimum atomic E-state index is 0.0399. The fourth-order valence-electron chi connectivity index (χ4n) is 2.50. The highest BCUT2D eigenvalue weighted by Crippen LogP contribution is 2.16. The summed E-state index contributed by atoms with van der Waals surface area (Å²) in [4.78, 5) is 14.2. The minimum Gasteiger partial charge on any atom is -0.337 e. The van der Waals surface area contributed by atoms with Gasteiger partial charge in [0.15, 0.2) is 0 Å². The standard InChI is InChI=1S/C17H23N3O/c1-6-20-14(4)16(13(3)18-20)11-19(5)17(21)15-9-7-12(2)8-10-15/h7-10H,6,11H2,1-5H3. The molecule has 0 bridgehead atoms. The van der Waals surface area contributed by atoms with E-state index in [9.17, 15) is 4.79 Å². The Hall–Kier alpha value is -2.10. The molecular formula is C17H23N3O. The Morgan fingerprint density at radius 2 is 1.81 bits per heavy atom. The van der Waals surface area contributed by atoms with Crippen molar-refractivity contribution in [2.24, 2.45) is 0 Å². The first-order chi connectivity index (χ1) is 9.93. The van der Waals surface area contributed by atoms with Crippen molar-refractivity contribution in [2.45, 2.75) is 40.8 Å². The summed E-state index contributed by atoms with van der Waals surface area (Å²) >= 11 is 0. The number of hydrogen-bond donors (Lipinski definition) is 0. The van der Waals surface area contributed by atoms with Gasteiger partial charge in [-0.3, -0.25) is 9.48 Å². The Morgan fingerprint density at radius 1 is 1.19 bits per heavy atom. The Balaban J connectivity index is 2.18. The van der Waals surface area contributed by atoms with Crippen molar-refractivity contribution in [2.75, 3.05) is 7.05 Å². The molecule has 1 amide bonds. The van der Waals surface area contributed by atoms with Crippen molar-refractivity contribution in [1.29, 1.82) is 0 Å². The molecule has 0 atom stereocenters. The SMILES string of the molecule is CCn1nc(C)c(CN(C)C(=O)c2ccc(C)cc2)c1C. The van der Waals surface area contributed by atoms with Crippen LogP contribution in [0.2, 0.25) is 0 Å². The highest BCUT2D eigenvalue weighted by atomic mass is 16.2. The van der Waals surface area contributed by atoms with Crippen LogP contribution in [0.4, 0.5) is 0 Å². The third kappa shape index (κ3) is 3.15. The van der Waals surface area contributed by atoms with Crippen LogP contribution in [-0.4, -0.2) is 27.6 Å². The largest absolute Gasteiger partial charge is 0.337 e. The van der Waals surface area contributed by atoms with Crippen molar-refractivity contribution < 1.29 is 4.79 Å². The van der Waals surface area contributed by atoms with Gasteiger partial charge in [0.05, 0.1) is 5.69 Å². The Labute approximate surface area is 126 Å². The predicted octanol–water partition coefficient (Wildman–Crippen LogP) is 3.10. The molecule has 0 aliphatic heterocycles. The second-order valence-corrected chi connectivity index (χ2v) is 5.49. The number of carbonyl (C=O) groups excluding carboxylic acids is 1. The average Bonchev–Trinajstić information content (AvgIpc) is 2.74. The summed E-state index contributed by atoms with van der Waals surface area (Å²) in [5, 5.41) is 4.50. The Morgan fingerprint density at radius 3 is 2.33 bits per heavy atom. The van der Waals surface area contributed by atoms with Crippen LogP contribution in [-0.2, 0) is 13.1 Å². The molecule has 1 heterocycles. The van der Waals surface area contributed by atoms with Gasteiger partial charge >= 0.3 is 0 Å². The molecular weight excluding hydrogens is 262 g/mol. The number of hydrogen-bond acceptors (Lipinski definition) is 2.